The van der Waals surface area contributed by atoms with Crippen molar-refractivity contribution in [2.75, 3.05) is 20.1 Å². The molecule has 0 unspecified atom stereocenters. The summed E-state index contributed by atoms with van der Waals surface area (Å²) in [5.74, 6) is 0. The highest BCUT2D eigenvalue weighted by molar-refractivity contribution is 5.84. The number of piperidine rings is 1. The van der Waals surface area contributed by atoms with Gasteiger partial charge in [0.15, 0.2) is 0 Å². The lowest BCUT2D eigenvalue weighted by Gasteiger charge is -2.32. The molecule has 0 aliphatic carbocycles. The maximum absolute atomic E-state index is 12.3. The number of rotatable bonds is 5. The summed E-state index contributed by atoms with van der Waals surface area (Å²) < 4.78 is 10.7. The lowest BCUT2D eigenvalue weighted by molar-refractivity contribution is 0.0207. The zero-order valence-corrected chi connectivity index (χ0v) is 18.2. The minimum atomic E-state index is -0.512. The van der Waals surface area contributed by atoms with E-state index in [-0.39, 0.29) is 18.7 Å². The molecule has 30 heavy (non-hydrogen) atoms. The van der Waals surface area contributed by atoms with E-state index in [1.54, 1.807) is 18.2 Å². The average molecular weight is 417 g/mol. The third kappa shape index (κ3) is 7.42. The van der Waals surface area contributed by atoms with E-state index in [2.05, 4.69) is 4.99 Å². The normalized spacial score (nSPS) is 15.9. The second-order valence-corrected chi connectivity index (χ2v) is 8.17. The van der Waals surface area contributed by atoms with Crippen LogP contribution in [-0.2, 0) is 16.1 Å². The average Bonchev–Trinajstić information content (AvgIpc) is 2.72. The number of likely N-dealkylation sites (tertiary alicyclic amines) is 1. The van der Waals surface area contributed by atoms with Crippen LogP contribution in [0, 0.1) is 0 Å². The Morgan fingerprint density at radius 3 is 2.43 bits per heavy atom. The van der Waals surface area contributed by atoms with E-state index in [4.69, 9.17) is 15.2 Å². The molecule has 2 amide bonds. The first-order valence-corrected chi connectivity index (χ1v) is 10.1. The predicted molar refractivity (Wildman–Crippen MR) is 116 cm³/mol. The van der Waals surface area contributed by atoms with Crippen molar-refractivity contribution in [2.45, 2.75) is 51.9 Å². The molecular formula is C22H32N4O4. The van der Waals surface area contributed by atoms with Crippen molar-refractivity contribution in [1.82, 2.24) is 9.80 Å². The van der Waals surface area contributed by atoms with Crippen LogP contribution < -0.4 is 5.73 Å². The number of carbonyl (C=O) groups is 2. The van der Waals surface area contributed by atoms with Crippen LogP contribution in [0.1, 0.15) is 39.2 Å². The molecule has 0 aromatic heterocycles. The van der Waals surface area contributed by atoms with Crippen LogP contribution in [0.3, 0.4) is 0 Å². The zero-order valence-electron chi connectivity index (χ0n) is 18.2. The monoisotopic (exact) mass is 416 g/mol. The van der Waals surface area contributed by atoms with Gasteiger partial charge in [0, 0.05) is 32.6 Å². The van der Waals surface area contributed by atoms with Crippen molar-refractivity contribution in [1.29, 1.82) is 0 Å². The van der Waals surface area contributed by atoms with Gasteiger partial charge in [0.1, 0.15) is 12.2 Å². The Morgan fingerprint density at radius 2 is 1.87 bits per heavy atom. The van der Waals surface area contributed by atoms with Gasteiger partial charge in [-0.3, -0.25) is 9.89 Å². The molecule has 2 rings (SSSR count). The molecule has 1 aromatic carbocycles. The summed E-state index contributed by atoms with van der Waals surface area (Å²) in [6.45, 7) is 6.89. The Hall–Kier alpha value is -3.03. The van der Waals surface area contributed by atoms with Gasteiger partial charge in [0.2, 0.25) is 0 Å². The summed E-state index contributed by atoms with van der Waals surface area (Å²) in [6, 6.07) is 9.50. The Kier molecular flexibility index (Phi) is 8.26. The highest BCUT2D eigenvalue weighted by Crippen LogP contribution is 2.17. The Morgan fingerprint density at radius 1 is 1.23 bits per heavy atom. The fraction of sp³-hybridized carbons (Fsp3) is 0.500. The van der Waals surface area contributed by atoms with Gasteiger partial charge >= 0.3 is 12.2 Å². The number of amides is 2. The molecule has 1 aliphatic rings. The Bertz CT molecular complexity index is 763. The zero-order chi connectivity index (χ0) is 22.1. The van der Waals surface area contributed by atoms with Gasteiger partial charge in [-0.25, -0.2) is 9.59 Å². The van der Waals surface area contributed by atoms with Gasteiger partial charge in [-0.1, -0.05) is 30.3 Å². The number of benzene rings is 1. The van der Waals surface area contributed by atoms with Crippen LogP contribution in [0.2, 0.25) is 0 Å². The number of nitrogens with zero attached hydrogens (tertiary/aromatic N) is 3. The molecular weight excluding hydrogens is 384 g/mol. The summed E-state index contributed by atoms with van der Waals surface area (Å²) in [4.78, 5) is 32.0. The molecule has 1 fully saturated rings. The van der Waals surface area contributed by atoms with E-state index in [1.165, 1.54) is 11.1 Å². The summed E-state index contributed by atoms with van der Waals surface area (Å²) in [5, 5.41) is 0. The molecule has 0 atom stereocenters. The Balaban J connectivity index is 1.82. The first-order valence-electron chi connectivity index (χ1n) is 10.1. The van der Waals surface area contributed by atoms with Crippen molar-refractivity contribution in [3.05, 3.63) is 47.8 Å². The molecule has 0 bridgehead atoms. The Labute approximate surface area is 178 Å². The molecule has 1 aromatic rings. The van der Waals surface area contributed by atoms with Gasteiger partial charge in [-0.2, -0.15) is 0 Å². The van der Waals surface area contributed by atoms with E-state index in [0.717, 1.165) is 18.4 Å². The number of ether oxygens (including phenoxy) is 2. The second kappa shape index (κ2) is 10.7. The highest BCUT2D eigenvalue weighted by Gasteiger charge is 2.26. The van der Waals surface area contributed by atoms with Crippen LogP contribution >= 0.6 is 0 Å². The van der Waals surface area contributed by atoms with Crippen LogP contribution in [-0.4, -0.2) is 60.0 Å². The lowest BCUT2D eigenvalue weighted by atomic mass is 10.1. The standard InChI is InChI=1S/C22H32N4O4/c1-22(2,3)30-21(28)26-12-10-18(11-13-26)24-15-19(14-23)25(4)20(27)29-16-17-8-6-5-7-9-17/h5-9,14-15,18H,10-13,16,23H2,1-4H3/b19-14+,24-15?. The van der Waals surface area contributed by atoms with E-state index in [1.807, 2.05) is 51.1 Å². The first-order chi connectivity index (χ1) is 14.2. The molecule has 0 saturated carbocycles. The molecule has 0 spiro atoms. The predicted octanol–water partition coefficient (Wildman–Crippen LogP) is 3.53. The fourth-order valence-electron chi connectivity index (χ4n) is 2.87. The number of hydrogen-bond donors (Lipinski definition) is 1. The quantitative estimate of drug-likeness (QED) is 0.741. The summed E-state index contributed by atoms with van der Waals surface area (Å²) in [7, 11) is 1.59. The third-order valence-corrected chi connectivity index (χ3v) is 4.57. The minimum Gasteiger partial charge on any atom is -0.444 e. The number of aliphatic imine (C=N–C) groups is 1. The van der Waals surface area contributed by atoms with E-state index in [0.29, 0.717) is 18.8 Å². The smallest absolute Gasteiger partial charge is 0.414 e. The summed E-state index contributed by atoms with van der Waals surface area (Å²) in [5.41, 5.74) is 6.53. The molecule has 164 valence electrons. The van der Waals surface area contributed by atoms with Crippen LogP contribution in [0.25, 0.3) is 0 Å². The van der Waals surface area contributed by atoms with E-state index >= 15 is 0 Å². The van der Waals surface area contributed by atoms with Gasteiger partial charge in [-0.15, -0.1) is 0 Å². The fourth-order valence-corrected chi connectivity index (χ4v) is 2.87. The summed E-state index contributed by atoms with van der Waals surface area (Å²) in [6.07, 6.45) is 3.53. The third-order valence-electron chi connectivity index (χ3n) is 4.57. The molecule has 0 radical (unpaired) electrons. The number of allylic oxidation sites excluding steroid dienone is 1. The molecule has 8 nitrogen and oxygen atoms in total. The van der Waals surface area contributed by atoms with Crippen molar-refractivity contribution < 1.29 is 19.1 Å². The molecule has 1 heterocycles. The van der Waals surface area contributed by atoms with Crippen LogP contribution in [0.4, 0.5) is 9.59 Å². The molecule has 1 saturated heterocycles. The van der Waals surface area contributed by atoms with Gasteiger partial charge in [0.05, 0.1) is 11.7 Å². The summed E-state index contributed by atoms with van der Waals surface area (Å²) >= 11 is 0. The minimum absolute atomic E-state index is 0.0485. The van der Waals surface area contributed by atoms with Gasteiger partial charge in [0.25, 0.3) is 0 Å². The maximum Gasteiger partial charge on any atom is 0.414 e. The highest BCUT2D eigenvalue weighted by atomic mass is 16.6. The molecule has 2 N–H and O–H groups in total. The number of nitrogens with two attached hydrogens (primary N) is 1. The van der Waals surface area contributed by atoms with Crippen molar-refractivity contribution in [3.63, 3.8) is 0 Å². The largest absolute Gasteiger partial charge is 0.444 e. The second-order valence-electron chi connectivity index (χ2n) is 8.17. The van der Waals surface area contributed by atoms with Crippen molar-refractivity contribution in [2.24, 2.45) is 10.7 Å². The number of carbonyl (C=O) groups excluding carboxylic acids is 2. The number of hydrogen-bond acceptors (Lipinski definition) is 6. The maximum atomic E-state index is 12.3. The van der Waals surface area contributed by atoms with Gasteiger partial charge < -0.3 is 20.1 Å². The molecule has 1 aliphatic heterocycles. The first kappa shape index (κ1) is 23.3. The van der Waals surface area contributed by atoms with Crippen LogP contribution in [0.5, 0.6) is 0 Å². The molecule has 8 heteroatoms. The lowest BCUT2D eigenvalue weighted by Crippen LogP contribution is -2.42. The van der Waals surface area contributed by atoms with E-state index in [9.17, 15) is 9.59 Å². The van der Waals surface area contributed by atoms with Crippen molar-refractivity contribution >= 4 is 18.4 Å². The van der Waals surface area contributed by atoms with Crippen LogP contribution in [0.15, 0.2) is 47.2 Å². The SMILES string of the molecule is CN(C(=O)OCc1ccccc1)/C(C=NC1CCN(C(=O)OC(C)(C)C)CC1)=C/N. The topological polar surface area (TPSA) is 97.5 Å². The van der Waals surface area contributed by atoms with Gasteiger partial charge in [-0.05, 0) is 39.2 Å². The van der Waals surface area contributed by atoms with E-state index < -0.39 is 11.7 Å². The van der Waals surface area contributed by atoms with Crippen molar-refractivity contribution in [3.8, 4) is 0 Å².